The lowest BCUT2D eigenvalue weighted by Crippen LogP contribution is -2.33. The normalized spacial score (nSPS) is 22.2. The van der Waals surface area contributed by atoms with Crippen LogP contribution in [0.15, 0.2) is 18.2 Å². The van der Waals surface area contributed by atoms with Crippen LogP contribution in [0.5, 0.6) is 0 Å². The number of carboxylic acids is 1. The van der Waals surface area contributed by atoms with Crippen LogP contribution in [0.2, 0.25) is 10.0 Å². The van der Waals surface area contributed by atoms with Crippen molar-refractivity contribution in [3.8, 4) is 0 Å². The van der Waals surface area contributed by atoms with E-state index in [1.807, 2.05) is 0 Å². The summed E-state index contributed by atoms with van der Waals surface area (Å²) >= 11 is 11.7. The van der Waals surface area contributed by atoms with E-state index in [9.17, 15) is 9.59 Å². The van der Waals surface area contributed by atoms with Gasteiger partial charge < -0.3 is 10.4 Å². The topological polar surface area (TPSA) is 66.4 Å². The number of carboxylic acid groups (broad SMARTS) is 1. The van der Waals surface area contributed by atoms with E-state index >= 15 is 0 Å². The highest BCUT2D eigenvalue weighted by molar-refractivity contribution is 6.35. The number of nitrogens with one attached hydrogen (secondary N) is 1. The van der Waals surface area contributed by atoms with Gasteiger partial charge in [-0.1, -0.05) is 23.2 Å². The molecule has 2 N–H and O–H groups in total. The SMILES string of the molecule is O=C(NC1CCC(C(=O)O)C1)c1cc(Cl)cc(Cl)c1. The average molecular weight is 302 g/mol. The van der Waals surface area contributed by atoms with E-state index in [2.05, 4.69) is 5.32 Å². The highest BCUT2D eigenvalue weighted by atomic mass is 35.5. The summed E-state index contributed by atoms with van der Waals surface area (Å²) in [5.74, 6) is -1.45. The minimum Gasteiger partial charge on any atom is -0.481 e. The Morgan fingerprint density at radius 2 is 1.79 bits per heavy atom. The molecular formula is C13H13Cl2NO3. The minimum atomic E-state index is -0.803. The van der Waals surface area contributed by atoms with Gasteiger partial charge in [-0.3, -0.25) is 9.59 Å². The Balaban J connectivity index is 2.00. The maximum atomic E-state index is 12.0. The third-order valence-corrected chi connectivity index (χ3v) is 3.68. The van der Waals surface area contributed by atoms with Crippen molar-refractivity contribution >= 4 is 35.1 Å². The summed E-state index contributed by atoms with van der Waals surface area (Å²) in [6.07, 6.45) is 1.74. The molecule has 1 aromatic rings. The molecule has 102 valence electrons. The average Bonchev–Trinajstić information content (AvgIpc) is 2.76. The van der Waals surface area contributed by atoms with E-state index < -0.39 is 5.97 Å². The zero-order chi connectivity index (χ0) is 14.0. The Morgan fingerprint density at radius 1 is 1.16 bits per heavy atom. The van der Waals surface area contributed by atoms with Crippen LogP contribution in [0.25, 0.3) is 0 Å². The number of hydrogen-bond acceptors (Lipinski definition) is 2. The molecule has 19 heavy (non-hydrogen) atoms. The van der Waals surface area contributed by atoms with Gasteiger partial charge in [-0.2, -0.15) is 0 Å². The fourth-order valence-corrected chi connectivity index (χ4v) is 2.82. The lowest BCUT2D eigenvalue weighted by molar-refractivity contribution is -0.141. The van der Waals surface area contributed by atoms with Crippen LogP contribution in [0.4, 0.5) is 0 Å². The zero-order valence-electron chi connectivity index (χ0n) is 10.0. The number of amides is 1. The second-order valence-corrected chi connectivity index (χ2v) is 5.55. The molecular weight excluding hydrogens is 289 g/mol. The molecule has 6 heteroatoms. The van der Waals surface area contributed by atoms with Crippen LogP contribution in [-0.4, -0.2) is 23.0 Å². The smallest absolute Gasteiger partial charge is 0.306 e. The monoisotopic (exact) mass is 301 g/mol. The lowest BCUT2D eigenvalue weighted by Gasteiger charge is -2.12. The molecule has 0 aromatic heterocycles. The van der Waals surface area contributed by atoms with Gasteiger partial charge in [-0.25, -0.2) is 0 Å². The van der Waals surface area contributed by atoms with Crippen molar-refractivity contribution in [1.29, 1.82) is 0 Å². The van der Waals surface area contributed by atoms with Crippen molar-refractivity contribution in [1.82, 2.24) is 5.32 Å². The molecule has 0 spiro atoms. The van der Waals surface area contributed by atoms with Gasteiger partial charge in [0.2, 0.25) is 0 Å². The highest BCUT2D eigenvalue weighted by Gasteiger charge is 2.30. The number of carbonyl (C=O) groups is 2. The zero-order valence-corrected chi connectivity index (χ0v) is 11.5. The Kier molecular flexibility index (Phi) is 4.32. The Morgan fingerprint density at radius 3 is 2.32 bits per heavy atom. The molecule has 4 nitrogen and oxygen atoms in total. The number of rotatable bonds is 3. The van der Waals surface area contributed by atoms with Gasteiger partial charge in [0.05, 0.1) is 5.92 Å². The van der Waals surface area contributed by atoms with E-state index in [0.717, 1.165) is 0 Å². The first-order chi connectivity index (χ1) is 8.95. The summed E-state index contributed by atoms with van der Waals surface area (Å²) < 4.78 is 0. The molecule has 2 rings (SSSR count). The third-order valence-electron chi connectivity index (χ3n) is 3.24. The predicted octanol–water partition coefficient (Wildman–Crippen LogP) is 2.98. The van der Waals surface area contributed by atoms with Crippen molar-refractivity contribution in [3.63, 3.8) is 0 Å². The summed E-state index contributed by atoms with van der Waals surface area (Å²) in [5, 5.41) is 12.5. The van der Waals surface area contributed by atoms with E-state index in [4.69, 9.17) is 28.3 Å². The molecule has 0 heterocycles. The minimum absolute atomic E-state index is 0.105. The van der Waals surface area contributed by atoms with E-state index in [0.29, 0.717) is 34.9 Å². The molecule has 1 amide bonds. The van der Waals surface area contributed by atoms with Gasteiger partial charge in [0.1, 0.15) is 0 Å². The summed E-state index contributed by atoms with van der Waals surface area (Å²) in [7, 11) is 0. The second kappa shape index (κ2) is 5.80. The number of aliphatic carboxylic acids is 1. The van der Waals surface area contributed by atoms with Crippen LogP contribution in [-0.2, 0) is 4.79 Å². The molecule has 1 aliphatic rings. The molecule has 0 aliphatic heterocycles. The molecule has 1 saturated carbocycles. The van der Waals surface area contributed by atoms with Gasteiger partial charge in [0, 0.05) is 21.7 Å². The summed E-state index contributed by atoms with van der Waals surface area (Å²) in [4.78, 5) is 22.9. The number of benzene rings is 1. The predicted molar refractivity (Wildman–Crippen MR) is 72.7 cm³/mol. The van der Waals surface area contributed by atoms with Crippen molar-refractivity contribution in [2.45, 2.75) is 25.3 Å². The van der Waals surface area contributed by atoms with E-state index in [-0.39, 0.29) is 17.9 Å². The van der Waals surface area contributed by atoms with Crippen LogP contribution in [0.1, 0.15) is 29.6 Å². The highest BCUT2D eigenvalue weighted by Crippen LogP contribution is 2.26. The lowest BCUT2D eigenvalue weighted by atomic mass is 10.1. The van der Waals surface area contributed by atoms with Gasteiger partial charge in [0.25, 0.3) is 5.91 Å². The maximum absolute atomic E-state index is 12.0. The van der Waals surface area contributed by atoms with Crippen LogP contribution >= 0.6 is 23.2 Å². The van der Waals surface area contributed by atoms with Crippen molar-refractivity contribution in [3.05, 3.63) is 33.8 Å². The van der Waals surface area contributed by atoms with Crippen molar-refractivity contribution in [2.24, 2.45) is 5.92 Å². The van der Waals surface area contributed by atoms with E-state index in [1.54, 1.807) is 6.07 Å². The summed E-state index contributed by atoms with van der Waals surface area (Å²) in [6, 6.07) is 4.51. The number of halogens is 2. The second-order valence-electron chi connectivity index (χ2n) is 4.68. The van der Waals surface area contributed by atoms with Crippen LogP contribution in [0, 0.1) is 5.92 Å². The molecule has 0 saturated heterocycles. The molecule has 1 aliphatic carbocycles. The fraction of sp³-hybridized carbons (Fsp3) is 0.385. The Bertz CT molecular complexity index is 498. The van der Waals surface area contributed by atoms with Gasteiger partial charge in [-0.15, -0.1) is 0 Å². The summed E-state index contributed by atoms with van der Waals surface area (Å²) in [5.41, 5.74) is 0.385. The molecule has 1 fully saturated rings. The maximum Gasteiger partial charge on any atom is 0.306 e. The molecule has 1 aromatic carbocycles. The van der Waals surface area contributed by atoms with Crippen LogP contribution < -0.4 is 5.32 Å². The first-order valence-electron chi connectivity index (χ1n) is 5.95. The largest absolute Gasteiger partial charge is 0.481 e. The van der Waals surface area contributed by atoms with Crippen LogP contribution in [0.3, 0.4) is 0 Å². The van der Waals surface area contributed by atoms with Crippen molar-refractivity contribution in [2.75, 3.05) is 0 Å². The standard InChI is InChI=1S/C13H13Cl2NO3/c14-9-3-8(4-10(15)6-9)12(17)16-11-2-1-7(5-11)13(18)19/h3-4,6-7,11H,1-2,5H2,(H,16,17)(H,18,19). The molecule has 0 bridgehead atoms. The summed E-state index contributed by atoms with van der Waals surface area (Å²) in [6.45, 7) is 0. The molecule has 0 radical (unpaired) electrons. The first-order valence-corrected chi connectivity index (χ1v) is 6.71. The number of carbonyl (C=O) groups excluding carboxylic acids is 1. The van der Waals surface area contributed by atoms with Gasteiger partial charge in [-0.05, 0) is 37.5 Å². The van der Waals surface area contributed by atoms with Crippen molar-refractivity contribution < 1.29 is 14.7 Å². The van der Waals surface area contributed by atoms with E-state index in [1.165, 1.54) is 12.1 Å². The number of hydrogen-bond donors (Lipinski definition) is 2. The fourth-order valence-electron chi connectivity index (χ4n) is 2.29. The first kappa shape index (κ1) is 14.2. The van der Waals surface area contributed by atoms with Gasteiger partial charge >= 0.3 is 5.97 Å². The Labute approximate surface area is 120 Å². The Hall–Kier alpha value is -1.26. The van der Waals surface area contributed by atoms with Gasteiger partial charge in [0.15, 0.2) is 0 Å². The third kappa shape index (κ3) is 3.61. The quantitative estimate of drug-likeness (QED) is 0.902. The molecule has 2 unspecified atom stereocenters. The molecule has 2 atom stereocenters.